The number of fused-ring (bicyclic) bond motifs is 1. The number of aryl methyl sites for hydroxylation is 1. The third-order valence-corrected chi connectivity index (χ3v) is 4.71. The van der Waals surface area contributed by atoms with Gasteiger partial charge in [0.15, 0.2) is 0 Å². The monoisotopic (exact) mass is 349 g/mol. The topological polar surface area (TPSA) is 159 Å². The SMILES string of the molecule is CCCc1cn(C2CC3OP(=O)([O-])OCC3O2)c(=O)[nH]c1=O.[NH4+]. The van der Waals surface area contributed by atoms with Crippen molar-refractivity contribution < 1.29 is 23.2 Å². The number of phosphoric ester groups is 1. The number of nitrogens with zero attached hydrogens (tertiary/aromatic N) is 1. The molecule has 2 fully saturated rings. The lowest BCUT2D eigenvalue weighted by Crippen LogP contribution is -2.35. The number of ether oxygens (including phenoxy) is 1. The van der Waals surface area contributed by atoms with Gasteiger partial charge < -0.3 is 24.8 Å². The summed E-state index contributed by atoms with van der Waals surface area (Å²) in [5, 5.41) is 0. The number of nitrogens with one attached hydrogen (secondary N) is 1. The Balaban J connectivity index is 0.00000192. The first-order valence-corrected chi connectivity index (χ1v) is 8.49. The van der Waals surface area contributed by atoms with Crippen LogP contribution < -0.4 is 22.3 Å². The van der Waals surface area contributed by atoms with Gasteiger partial charge in [-0.25, -0.2) is 4.79 Å². The number of aromatic amines is 1. The Morgan fingerprint density at radius 1 is 1.43 bits per heavy atom. The third-order valence-electron chi connectivity index (χ3n) is 3.71. The van der Waals surface area contributed by atoms with Crippen LogP contribution in [-0.4, -0.2) is 28.4 Å². The maximum atomic E-state index is 12.0. The summed E-state index contributed by atoms with van der Waals surface area (Å²) < 4.78 is 27.6. The van der Waals surface area contributed by atoms with Gasteiger partial charge in [-0.1, -0.05) is 13.3 Å². The van der Waals surface area contributed by atoms with E-state index in [1.54, 1.807) is 0 Å². The molecule has 0 aliphatic carbocycles. The molecule has 130 valence electrons. The number of phosphoric acid groups is 1. The minimum Gasteiger partial charge on any atom is -0.756 e. The predicted molar refractivity (Wildman–Crippen MR) is 78.3 cm³/mol. The summed E-state index contributed by atoms with van der Waals surface area (Å²) in [6, 6.07) is 0. The molecule has 4 atom stereocenters. The van der Waals surface area contributed by atoms with Crippen molar-refractivity contribution >= 4 is 7.82 Å². The Morgan fingerprint density at radius 2 is 2.17 bits per heavy atom. The zero-order valence-corrected chi connectivity index (χ0v) is 13.8. The quantitative estimate of drug-likeness (QED) is 0.728. The summed E-state index contributed by atoms with van der Waals surface area (Å²) in [6.07, 6.45) is 1.00. The maximum Gasteiger partial charge on any atom is 0.330 e. The van der Waals surface area contributed by atoms with E-state index in [9.17, 15) is 19.0 Å². The fraction of sp³-hybridized carbons (Fsp3) is 0.667. The highest BCUT2D eigenvalue weighted by Crippen LogP contribution is 2.49. The molecule has 0 spiro atoms. The summed E-state index contributed by atoms with van der Waals surface area (Å²) in [6.45, 7) is 1.79. The molecule has 10 nitrogen and oxygen atoms in total. The van der Waals surface area contributed by atoms with E-state index in [2.05, 4.69) is 9.51 Å². The average Bonchev–Trinajstić information content (AvgIpc) is 2.83. The zero-order chi connectivity index (χ0) is 15.9. The van der Waals surface area contributed by atoms with Gasteiger partial charge in [0, 0.05) is 18.2 Å². The fourth-order valence-electron chi connectivity index (χ4n) is 2.68. The molecule has 11 heteroatoms. The van der Waals surface area contributed by atoms with E-state index in [0.717, 1.165) is 6.42 Å². The Bertz CT molecular complexity index is 730. The van der Waals surface area contributed by atoms with Crippen molar-refractivity contribution in [2.45, 2.75) is 44.6 Å². The second-order valence-corrected chi connectivity index (χ2v) is 6.69. The van der Waals surface area contributed by atoms with Gasteiger partial charge in [0.25, 0.3) is 13.4 Å². The molecule has 0 saturated carbocycles. The molecule has 0 aromatic carbocycles. The molecule has 3 rings (SSSR count). The molecule has 0 amide bonds. The van der Waals surface area contributed by atoms with Crippen LogP contribution in [0.5, 0.6) is 0 Å². The summed E-state index contributed by atoms with van der Waals surface area (Å²) in [4.78, 5) is 37.2. The highest BCUT2D eigenvalue weighted by Gasteiger charge is 2.43. The van der Waals surface area contributed by atoms with Gasteiger partial charge in [-0.05, 0) is 6.42 Å². The smallest absolute Gasteiger partial charge is 0.330 e. The molecule has 1 aromatic rings. The van der Waals surface area contributed by atoms with Crippen LogP contribution in [0.1, 0.15) is 31.6 Å². The van der Waals surface area contributed by atoms with Gasteiger partial charge in [0.05, 0.1) is 12.7 Å². The number of hydrogen-bond acceptors (Lipinski definition) is 7. The molecule has 1 aromatic heterocycles. The van der Waals surface area contributed by atoms with Gasteiger partial charge in [-0.15, -0.1) is 0 Å². The van der Waals surface area contributed by atoms with Crippen LogP contribution in [0.15, 0.2) is 15.8 Å². The maximum absolute atomic E-state index is 12.0. The van der Waals surface area contributed by atoms with Gasteiger partial charge in [0.1, 0.15) is 12.3 Å². The first-order valence-electron chi connectivity index (χ1n) is 7.03. The van der Waals surface area contributed by atoms with Crippen LogP contribution >= 0.6 is 7.82 Å². The molecule has 2 aliphatic rings. The first-order chi connectivity index (χ1) is 10.4. The molecule has 2 aliphatic heterocycles. The van der Waals surface area contributed by atoms with E-state index in [1.165, 1.54) is 10.8 Å². The number of quaternary nitrogens is 1. The second-order valence-electron chi connectivity index (χ2n) is 5.32. The second kappa shape index (κ2) is 6.68. The van der Waals surface area contributed by atoms with Crippen LogP contribution in [0.25, 0.3) is 0 Å². The third kappa shape index (κ3) is 3.63. The summed E-state index contributed by atoms with van der Waals surface area (Å²) in [5.41, 5.74) is -0.533. The van der Waals surface area contributed by atoms with Crippen molar-refractivity contribution in [3.05, 3.63) is 32.6 Å². The van der Waals surface area contributed by atoms with Crippen LogP contribution in [0.3, 0.4) is 0 Å². The van der Waals surface area contributed by atoms with E-state index in [0.29, 0.717) is 12.0 Å². The first kappa shape index (κ1) is 18.1. The van der Waals surface area contributed by atoms with Crippen LogP contribution in [0.2, 0.25) is 0 Å². The predicted octanol–water partition coefficient (Wildman–Crippen LogP) is 0.0366. The molecule has 0 radical (unpaired) electrons. The van der Waals surface area contributed by atoms with Crippen molar-refractivity contribution in [3.8, 4) is 0 Å². The molecule has 2 saturated heterocycles. The zero-order valence-electron chi connectivity index (χ0n) is 12.9. The van der Waals surface area contributed by atoms with E-state index in [1.807, 2.05) is 6.92 Å². The van der Waals surface area contributed by atoms with Gasteiger partial charge in [0.2, 0.25) is 0 Å². The van der Waals surface area contributed by atoms with Gasteiger partial charge >= 0.3 is 5.69 Å². The van der Waals surface area contributed by atoms with E-state index >= 15 is 0 Å². The number of rotatable bonds is 3. The molecule has 4 unspecified atom stereocenters. The number of aromatic nitrogens is 2. The molecule has 23 heavy (non-hydrogen) atoms. The van der Waals surface area contributed by atoms with Crippen molar-refractivity contribution in [3.63, 3.8) is 0 Å². The summed E-state index contributed by atoms with van der Waals surface area (Å²) in [5.74, 6) is 0. The normalized spacial score (nSPS) is 33.0. The molecule has 0 bridgehead atoms. The lowest BCUT2D eigenvalue weighted by molar-refractivity contribution is -0.243. The van der Waals surface area contributed by atoms with Crippen molar-refractivity contribution in [2.24, 2.45) is 0 Å². The highest BCUT2D eigenvalue weighted by molar-refractivity contribution is 7.45. The van der Waals surface area contributed by atoms with Crippen molar-refractivity contribution in [1.82, 2.24) is 15.7 Å². The van der Waals surface area contributed by atoms with E-state index in [4.69, 9.17) is 9.26 Å². The molecular formula is C12H20N3O7P. The summed E-state index contributed by atoms with van der Waals surface area (Å²) >= 11 is 0. The fourth-order valence-corrected chi connectivity index (χ4v) is 3.63. The highest BCUT2D eigenvalue weighted by atomic mass is 31.2. The van der Waals surface area contributed by atoms with Crippen LogP contribution in [0, 0.1) is 0 Å². The molecule has 3 heterocycles. The molecular weight excluding hydrogens is 329 g/mol. The minimum absolute atomic E-state index is 0. The number of hydrogen-bond donors (Lipinski definition) is 2. The Kier molecular flexibility index (Phi) is 5.24. The van der Waals surface area contributed by atoms with Crippen molar-refractivity contribution in [1.29, 1.82) is 0 Å². The standard InChI is InChI=1S/C12H17N2O7P.H3N/c1-2-3-7-5-14(12(16)13-11(7)15)10-4-8-9(20-10)6-19-22(17,18)21-8;/h5,8-10H,2-4,6H2,1H3,(H,17,18)(H,13,15,16);1H3. The average molecular weight is 349 g/mol. The largest absolute Gasteiger partial charge is 0.756 e. The van der Waals surface area contributed by atoms with E-state index in [-0.39, 0.29) is 19.2 Å². The Hall–Kier alpha value is -1.29. The Labute approximate surface area is 131 Å². The lowest BCUT2D eigenvalue weighted by atomic mass is 10.2. The summed E-state index contributed by atoms with van der Waals surface area (Å²) in [7, 11) is -4.29. The Morgan fingerprint density at radius 3 is 2.87 bits per heavy atom. The molecule has 5 N–H and O–H groups in total. The van der Waals surface area contributed by atoms with Gasteiger partial charge in [-0.3, -0.25) is 18.9 Å². The number of H-pyrrole nitrogens is 1. The van der Waals surface area contributed by atoms with Crippen LogP contribution in [0.4, 0.5) is 0 Å². The van der Waals surface area contributed by atoms with E-state index < -0.39 is 37.5 Å². The van der Waals surface area contributed by atoms with Crippen molar-refractivity contribution in [2.75, 3.05) is 6.61 Å². The van der Waals surface area contributed by atoms with Crippen LogP contribution in [-0.2, 0) is 24.8 Å². The lowest BCUT2D eigenvalue weighted by Gasteiger charge is -2.33. The van der Waals surface area contributed by atoms with Gasteiger partial charge in [-0.2, -0.15) is 0 Å². The minimum atomic E-state index is -4.29.